The Morgan fingerprint density at radius 2 is 1.85 bits per heavy atom. The molecule has 3 unspecified atom stereocenters. The van der Waals surface area contributed by atoms with E-state index in [1.54, 1.807) is 12.3 Å². The first-order valence-electron chi connectivity index (χ1n) is 19.5. The van der Waals surface area contributed by atoms with Crippen molar-refractivity contribution in [1.29, 1.82) is 5.26 Å². The number of carbonyl (C=O) groups excluding carboxylic acids is 4. The molecule has 17 heteroatoms. The predicted octanol–water partition coefficient (Wildman–Crippen LogP) is 7.64. The monoisotopic (exact) mass is 854 g/mol. The molecule has 3 fully saturated rings. The van der Waals surface area contributed by atoms with Crippen LogP contribution in [0, 0.1) is 29.0 Å². The average Bonchev–Trinajstić information content (AvgIpc) is 3.79. The molecule has 314 valence electrons. The Balaban J connectivity index is 0.864. The van der Waals surface area contributed by atoms with Gasteiger partial charge in [-0.05, 0) is 106 Å². The molecule has 3 heterocycles. The molecule has 2 N–H and O–H groups in total. The SMILES string of the molecule is CN(CCOc1ccc(N2C(=S)N(c3ccc(C#N)c(C(F)(F)F)c3)C(=O)C2(C)C)cc1F)CC1CC1C(=O)Nc1cccc2c1ccc1occ(C3CCC(=O)NC3=O)c12. The number of alkyl halides is 3. The summed E-state index contributed by atoms with van der Waals surface area (Å²) < 4.78 is 68.2. The van der Waals surface area contributed by atoms with Gasteiger partial charge in [0.05, 0.1) is 35.1 Å². The lowest BCUT2D eigenvalue weighted by atomic mass is 9.88. The van der Waals surface area contributed by atoms with E-state index in [0.29, 0.717) is 48.8 Å². The molecule has 0 bridgehead atoms. The maximum atomic E-state index is 15.5. The van der Waals surface area contributed by atoms with Gasteiger partial charge < -0.3 is 24.3 Å². The van der Waals surface area contributed by atoms with Crippen LogP contribution in [0.3, 0.4) is 0 Å². The largest absolute Gasteiger partial charge is 0.489 e. The molecule has 0 radical (unpaired) electrons. The smallest absolute Gasteiger partial charge is 0.417 e. The molecule has 1 aliphatic carbocycles. The summed E-state index contributed by atoms with van der Waals surface area (Å²) in [5.41, 5.74) is -1.28. The molecule has 1 aromatic heterocycles. The minimum absolute atomic E-state index is 0.0548. The molecular weight excluding hydrogens is 817 g/mol. The molecule has 3 aliphatic rings. The number of thiocarbonyl (C=S) groups is 1. The number of anilines is 3. The molecule has 5 aromatic rings. The van der Waals surface area contributed by atoms with E-state index in [1.165, 1.54) is 43.0 Å². The molecule has 4 amide bonds. The fourth-order valence-corrected chi connectivity index (χ4v) is 8.80. The fourth-order valence-electron chi connectivity index (χ4n) is 8.28. The number of halogens is 4. The summed E-state index contributed by atoms with van der Waals surface area (Å²) in [6, 6.07) is 17.7. The van der Waals surface area contributed by atoms with Crippen molar-refractivity contribution in [3.8, 4) is 11.8 Å². The van der Waals surface area contributed by atoms with E-state index in [9.17, 15) is 37.6 Å². The first-order chi connectivity index (χ1) is 29.0. The molecule has 8 rings (SSSR count). The molecule has 4 aromatic carbocycles. The first-order valence-corrected chi connectivity index (χ1v) is 19.9. The van der Waals surface area contributed by atoms with Crippen LogP contribution in [0.15, 0.2) is 77.4 Å². The van der Waals surface area contributed by atoms with E-state index in [4.69, 9.17) is 21.4 Å². The second-order valence-electron chi connectivity index (χ2n) is 16.0. The van der Waals surface area contributed by atoms with Crippen molar-refractivity contribution in [1.82, 2.24) is 10.2 Å². The van der Waals surface area contributed by atoms with Crippen LogP contribution in [-0.2, 0) is 25.4 Å². The summed E-state index contributed by atoms with van der Waals surface area (Å²) in [7, 11) is 1.88. The highest BCUT2D eigenvalue weighted by atomic mass is 32.1. The number of furan rings is 1. The number of rotatable bonds is 11. The zero-order valence-corrected chi connectivity index (χ0v) is 33.9. The van der Waals surface area contributed by atoms with Crippen molar-refractivity contribution in [2.24, 2.45) is 11.8 Å². The number of nitriles is 1. The van der Waals surface area contributed by atoms with Crippen LogP contribution in [-0.4, -0.2) is 65.9 Å². The number of amides is 4. The summed E-state index contributed by atoms with van der Waals surface area (Å²) in [4.78, 5) is 55.7. The van der Waals surface area contributed by atoms with Gasteiger partial charge in [0.25, 0.3) is 5.91 Å². The number of fused-ring (bicyclic) bond motifs is 3. The van der Waals surface area contributed by atoms with Crippen LogP contribution in [0.1, 0.15) is 55.7 Å². The van der Waals surface area contributed by atoms with E-state index in [-0.39, 0.29) is 64.8 Å². The number of hydrogen-bond acceptors (Lipinski definition) is 9. The summed E-state index contributed by atoms with van der Waals surface area (Å²) in [6.45, 7) is 4.18. The predicted molar refractivity (Wildman–Crippen MR) is 221 cm³/mol. The Labute approximate surface area is 352 Å². The summed E-state index contributed by atoms with van der Waals surface area (Å²) >= 11 is 5.56. The molecule has 0 spiro atoms. The molecule has 2 aliphatic heterocycles. The lowest BCUT2D eigenvalue weighted by molar-refractivity contribution is -0.138. The normalized spacial score (nSPS) is 20.1. The maximum absolute atomic E-state index is 15.5. The summed E-state index contributed by atoms with van der Waals surface area (Å²) in [5, 5.41) is 16.9. The number of benzene rings is 4. The van der Waals surface area contributed by atoms with E-state index in [2.05, 4.69) is 10.6 Å². The van der Waals surface area contributed by atoms with Crippen LogP contribution < -0.4 is 25.2 Å². The number of carbonyl (C=O) groups is 4. The number of likely N-dealkylation sites (N-methyl/N-ethyl adjacent to an activating group) is 1. The van der Waals surface area contributed by atoms with Gasteiger partial charge in [0, 0.05) is 59.2 Å². The quantitative estimate of drug-likeness (QED) is 0.0772. The third kappa shape index (κ3) is 7.65. The van der Waals surface area contributed by atoms with Crippen LogP contribution in [0.5, 0.6) is 5.75 Å². The number of hydrogen-bond donors (Lipinski definition) is 2. The van der Waals surface area contributed by atoms with Crippen LogP contribution in [0.4, 0.5) is 34.6 Å². The Bertz CT molecular complexity index is 2710. The Hall–Kier alpha value is -6.38. The van der Waals surface area contributed by atoms with Gasteiger partial charge in [-0.3, -0.25) is 29.4 Å². The molecule has 3 atom stereocenters. The minimum atomic E-state index is -4.85. The van der Waals surface area contributed by atoms with Crippen molar-refractivity contribution < 1.29 is 45.9 Å². The Morgan fingerprint density at radius 1 is 1.08 bits per heavy atom. The first kappa shape index (κ1) is 41.4. The second-order valence-corrected chi connectivity index (χ2v) is 16.4. The number of ether oxygens (including phenoxy) is 1. The zero-order chi connectivity index (χ0) is 43.5. The minimum Gasteiger partial charge on any atom is -0.489 e. The Kier molecular flexibility index (Phi) is 10.6. The van der Waals surface area contributed by atoms with Gasteiger partial charge in [-0.1, -0.05) is 12.1 Å². The standard InChI is InChI=1S/C44H38F4N6O6S/c1-43(2)41(58)53(25-8-7-23(20-49)32(18-25)44(46,47)48)42(61)54(43)26-9-12-35(33(45)19-26)59-16-15-52(3)21-24-17-30(24)40(57)50-34-6-4-5-28-27(34)10-13-36-38(28)31(22-60-36)29-11-14-37(55)51-39(29)56/h4-10,12-13,18-19,22,24,29-30H,11,14-17,21H2,1-3H3,(H,50,57)(H,51,55,56). The molecule has 12 nitrogen and oxygen atoms in total. The number of nitrogens with one attached hydrogen (secondary N) is 2. The van der Waals surface area contributed by atoms with Gasteiger partial charge in [0.15, 0.2) is 16.7 Å². The van der Waals surface area contributed by atoms with Gasteiger partial charge in [0.1, 0.15) is 17.7 Å². The second kappa shape index (κ2) is 15.6. The topological polar surface area (TPSA) is 148 Å². The average molecular weight is 855 g/mol. The number of imide groups is 1. The van der Waals surface area contributed by atoms with E-state index >= 15 is 4.39 Å². The molecule has 2 saturated heterocycles. The highest BCUT2D eigenvalue weighted by Gasteiger charge is 2.51. The van der Waals surface area contributed by atoms with Crippen molar-refractivity contribution in [3.63, 3.8) is 0 Å². The van der Waals surface area contributed by atoms with Crippen LogP contribution >= 0.6 is 12.2 Å². The number of nitrogens with zero attached hydrogens (tertiary/aromatic N) is 4. The summed E-state index contributed by atoms with van der Waals surface area (Å²) in [6.07, 6.45) is -1.99. The highest BCUT2D eigenvalue weighted by Crippen LogP contribution is 2.43. The fraction of sp³-hybridized carbons (Fsp3) is 0.318. The highest BCUT2D eigenvalue weighted by molar-refractivity contribution is 7.81. The van der Waals surface area contributed by atoms with E-state index in [0.717, 1.165) is 33.2 Å². The van der Waals surface area contributed by atoms with Crippen LogP contribution in [0.25, 0.3) is 21.7 Å². The van der Waals surface area contributed by atoms with E-state index in [1.807, 2.05) is 36.2 Å². The number of piperidine rings is 1. The van der Waals surface area contributed by atoms with E-state index < -0.39 is 40.5 Å². The third-order valence-corrected chi connectivity index (χ3v) is 11.9. The van der Waals surface area contributed by atoms with Gasteiger partial charge in [-0.25, -0.2) is 4.39 Å². The Morgan fingerprint density at radius 3 is 2.57 bits per heavy atom. The summed E-state index contributed by atoms with van der Waals surface area (Å²) in [5.74, 6) is -2.86. The van der Waals surface area contributed by atoms with Crippen LogP contribution in [0.2, 0.25) is 0 Å². The zero-order valence-electron chi connectivity index (χ0n) is 33.1. The van der Waals surface area contributed by atoms with Gasteiger partial charge in [-0.15, -0.1) is 0 Å². The van der Waals surface area contributed by atoms with Gasteiger partial charge in [-0.2, -0.15) is 18.4 Å². The lowest BCUT2D eigenvalue weighted by Crippen LogP contribution is -2.44. The van der Waals surface area contributed by atoms with Crippen molar-refractivity contribution in [3.05, 3.63) is 95.5 Å². The molecular formula is C44H38F4N6O6S. The van der Waals surface area contributed by atoms with Crippen molar-refractivity contribution >= 4 is 79.8 Å². The molecule has 61 heavy (non-hydrogen) atoms. The van der Waals surface area contributed by atoms with Crippen molar-refractivity contribution in [2.75, 3.05) is 41.9 Å². The maximum Gasteiger partial charge on any atom is 0.417 e. The third-order valence-electron chi connectivity index (χ3n) is 11.6. The van der Waals surface area contributed by atoms with Gasteiger partial charge >= 0.3 is 6.18 Å². The van der Waals surface area contributed by atoms with Crippen molar-refractivity contribution in [2.45, 2.75) is 50.7 Å². The lowest BCUT2D eigenvalue weighted by Gasteiger charge is -2.29. The van der Waals surface area contributed by atoms with Gasteiger partial charge in [0.2, 0.25) is 17.7 Å². The molecule has 1 saturated carbocycles.